The smallest absolute Gasteiger partial charge is 0.221 e. The Balaban J connectivity index is 1.90. The number of hydrogen-bond acceptors (Lipinski definition) is 5. The third-order valence-corrected chi connectivity index (χ3v) is 4.62. The van der Waals surface area contributed by atoms with Gasteiger partial charge in [0.05, 0.1) is 6.61 Å². The zero-order valence-corrected chi connectivity index (χ0v) is 10.8. The number of hydrogen-bond donors (Lipinski definition) is 2. The first kappa shape index (κ1) is 11.7. The number of aliphatic hydroxyl groups is 1. The number of nitrogens with two attached hydrogens (primary N) is 1. The summed E-state index contributed by atoms with van der Waals surface area (Å²) in [6.45, 7) is 4.17. The largest absolute Gasteiger partial charge is 0.396 e. The second-order valence-electron chi connectivity index (χ2n) is 5.72. The van der Waals surface area contributed by atoms with Crippen LogP contribution in [-0.4, -0.2) is 34.8 Å². The van der Waals surface area contributed by atoms with E-state index in [0.717, 1.165) is 30.9 Å². The highest BCUT2D eigenvalue weighted by molar-refractivity contribution is 5.49. The highest BCUT2D eigenvalue weighted by Crippen LogP contribution is 2.49. The molecule has 0 unspecified atom stereocenters. The molecular weight excluding hydrogens is 228 g/mol. The average molecular weight is 248 g/mol. The van der Waals surface area contributed by atoms with Crippen LogP contribution in [0.4, 0.5) is 11.8 Å². The molecule has 2 heterocycles. The standard InChI is InChI=1S/C13H20N4O/c1-9-5-15-12(14)16-11(9)17-6-10-3-2-4-13(10,7-17)8-18/h5,10,18H,2-4,6-8H2,1H3,(H2,14,15,16)/t10-,13+/m0/s1. The summed E-state index contributed by atoms with van der Waals surface area (Å²) >= 11 is 0. The van der Waals surface area contributed by atoms with Crippen LogP contribution >= 0.6 is 0 Å². The van der Waals surface area contributed by atoms with Crippen molar-refractivity contribution in [3.63, 3.8) is 0 Å². The topological polar surface area (TPSA) is 75.3 Å². The maximum absolute atomic E-state index is 9.73. The molecule has 18 heavy (non-hydrogen) atoms. The average Bonchev–Trinajstić information content (AvgIpc) is 2.89. The Hall–Kier alpha value is -1.36. The van der Waals surface area contributed by atoms with Crippen LogP contribution in [0.5, 0.6) is 0 Å². The van der Waals surface area contributed by atoms with Crippen molar-refractivity contribution in [1.29, 1.82) is 0 Å². The summed E-state index contributed by atoms with van der Waals surface area (Å²) in [5, 5.41) is 9.73. The van der Waals surface area contributed by atoms with Crippen molar-refractivity contribution < 1.29 is 5.11 Å². The Kier molecular flexibility index (Phi) is 2.66. The number of aromatic nitrogens is 2. The summed E-state index contributed by atoms with van der Waals surface area (Å²) in [6, 6.07) is 0. The van der Waals surface area contributed by atoms with Gasteiger partial charge in [0.25, 0.3) is 0 Å². The summed E-state index contributed by atoms with van der Waals surface area (Å²) < 4.78 is 0. The van der Waals surface area contributed by atoms with Gasteiger partial charge in [0, 0.05) is 30.3 Å². The molecule has 0 amide bonds. The molecule has 98 valence electrons. The Labute approximate surface area is 107 Å². The second kappa shape index (κ2) is 4.09. The number of fused-ring (bicyclic) bond motifs is 1. The van der Waals surface area contributed by atoms with Crippen molar-refractivity contribution in [3.8, 4) is 0 Å². The fourth-order valence-corrected chi connectivity index (χ4v) is 3.60. The Morgan fingerprint density at radius 3 is 3.17 bits per heavy atom. The number of rotatable bonds is 2. The molecule has 1 aromatic rings. The highest BCUT2D eigenvalue weighted by atomic mass is 16.3. The van der Waals surface area contributed by atoms with E-state index < -0.39 is 0 Å². The monoisotopic (exact) mass is 248 g/mol. The van der Waals surface area contributed by atoms with Gasteiger partial charge in [-0.25, -0.2) is 4.98 Å². The number of aryl methyl sites for hydroxylation is 1. The molecule has 1 aliphatic heterocycles. The van der Waals surface area contributed by atoms with Crippen molar-refractivity contribution in [3.05, 3.63) is 11.8 Å². The van der Waals surface area contributed by atoms with E-state index in [-0.39, 0.29) is 12.0 Å². The fraction of sp³-hybridized carbons (Fsp3) is 0.692. The maximum atomic E-state index is 9.73. The molecule has 5 nitrogen and oxygen atoms in total. The maximum Gasteiger partial charge on any atom is 0.221 e. The van der Waals surface area contributed by atoms with Crippen LogP contribution in [0.3, 0.4) is 0 Å². The minimum Gasteiger partial charge on any atom is -0.396 e. The summed E-state index contributed by atoms with van der Waals surface area (Å²) in [7, 11) is 0. The third kappa shape index (κ3) is 1.65. The van der Waals surface area contributed by atoms with Crippen LogP contribution in [-0.2, 0) is 0 Å². The number of anilines is 2. The van der Waals surface area contributed by atoms with Gasteiger partial charge in [-0.1, -0.05) is 6.42 Å². The van der Waals surface area contributed by atoms with Crippen LogP contribution in [0.15, 0.2) is 6.20 Å². The normalized spacial score (nSPS) is 30.8. The fourth-order valence-electron chi connectivity index (χ4n) is 3.60. The molecule has 0 radical (unpaired) electrons. The Bertz CT molecular complexity index is 464. The van der Waals surface area contributed by atoms with E-state index in [0.29, 0.717) is 11.9 Å². The zero-order chi connectivity index (χ0) is 12.8. The molecule has 0 aromatic carbocycles. The van der Waals surface area contributed by atoms with E-state index in [1.165, 1.54) is 12.8 Å². The minimum absolute atomic E-state index is 0.0894. The van der Waals surface area contributed by atoms with Crippen molar-refractivity contribution in [2.24, 2.45) is 11.3 Å². The molecule has 2 aliphatic rings. The summed E-state index contributed by atoms with van der Waals surface area (Å²) in [5.74, 6) is 1.86. The van der Waals surface area contributed by atoms with Gasteiger partial charge in [0.1, 0.15) is 5.82 Å². The predicted molar refractivity (Wildman–Crippen MR) is 70.3 cm³/mol. The Morgan fingerprint density at radius 1 is 1.61 bits per heavy atom. The van der Waals surface area contributed by atoms with Gasteiger partial charge in [-0.05, 0) is 25.7 Å². The van der Waals surface area contributed by atoms with Gasteiger partial charge in [-0.3, -0.25) is 0 Å². The predicted octanol–water partition coefficient (Wildman–Crippen LogP) is 0.966. The van der Waals surface area contributed by atoms with Crippen molar-refractivity contribution in [2.75, 3.05) is 30.3 Å². The van der Waals surface area contributed by atoms with Gasteiger partial charge in [-0.15, -0.1) is 0 Å². The van der Waals surface area contributed by atoms with Crippen LogP contribution in [0.2, 0.25) is 0 Å². The lowest BCUT2D eigenvalue weighted by Crippen LogP contribution is -2.31. The Morgan fingerprint density at radius 2 is 2.44 bits per heavy atom. The van der Waals surface area contributed by atoms with Crippen LogP contribution in [0.25, 0.3) is 0 Å². The second-order valence-corrected chi connectivity index (χ2v) is 5.72. The van der Waals surface area contributed by atoms with Crippen LogP contribution in [0, 0.1) is 18.3 Å². The van der Waals surface area contributed by atoms with Crippen LogP contribution < -0.4 is 10.6 Å². The molecule has 3 N–H and O–H groups in total. The summed E-state index contributed by atoms with van der Waals surface area (Å²) in [6.07, 6.45) is 5.36. The van der Waals surface area contributed by atoms with E-state index in [9.17, 15) is 5.11 Å². The summed E-state index contributed by atoms with van der Waals surface area (Å²) in [4.78, 5) is 10.6. The number of aliphatic hydroxyl groups excluding tert-OH is 1. The molecule has 2 fully saturated rings. The first-order valence-electron chi connectivity index (χ1n) is 6.59. The van der Waals surface area contributed by atoms with Crippen molar-refractivity contribution in [2.45, 2.75) is 26.2 Å². The highest BCUT2D eigenvalue weighted by Gasteiger charge is 2.49. The van der Waals surface area contributed by atoms with Gasteiger partial charge in [0.2, 0.25) is 5.95 Å². The third-order valence-electron chi connectivity index (χ3n) is 4.62. The van der Waals surface area contributed by atoms with Gasteiger partial charge < -0.3 is 15.7 Å². The lowest BCUT2D eigenvalue weighted by atomic mass is 9.82. The van der Waals surface area contributed by atoms with Crippen molar-refractivity contribution in [1.82, 2.24) is 9.97 Å². The molecule has 1 aromatic heterocycles. The minimum atomic E-state index is 0.0894. The molecule has 0 spiro atoms. The molecule has 1 saturated carbocycles. The van der Waals surface area contributed by atoms with Gasteiger partial charge in [0.15, 0.2) is 0 Å². The number of nitrogen functional groups attached to an aromatic ring is 1. The molecule has 2 atom stereocenters. The number of nitrogens with zero attached hydrogens (tertiary/aromatic N) is 3. The molecule has 1 saturated heterocycles. The van der Waals surface area contributed by atoms with Gasteiger partial charge in [-0.2, -0.15) is 4.98 Å². The lowest BCUT2D eigenvalue weighted by Gasteiger charge is -2.26. The van der Waals surface area contributed by atoms with E-state index in [1.807, 2.05) is 6.92 Å². The molecule has 3 rings (SSSR count). The summed E-state index contributed by atoms with van der Waals surface area (Å²) in [5.41, 5.74) is 6.82. The molecular formula is C13H20N4O. The molecule has 0 bridgehead atoms. The molecule has 1 aliphatic carbocycles. The lowest BCUT2D eigenvalue weighted by molar-refractivity contribution is 0.121. The van der Waals surface area contributed by atoms with Crippen LogP contribution in [0.1, 0.15) is 24.8 Å². The zero-order valence-electron chi connectivity index (χ0n) is 10.8. The van der Waals surface area contributed by atoms with E-state index in [2.05, 4.69) is 14.9 Å². The van der Waals surface area contributed by atoms with E-state index >= 15 is 0 Å². The van der Waals surface area contributed by atoms with E-state index in [1.54, 1.807) is 6.20 Å². The van der Waals surface area contributed by atoms with Gasteiger partial charge >= 0.3 is 0 Å². The van der Waals surface area contributed by atoms with Crippen molar-refractivity contribution >= 4 is 11.8 Å². The molecule has 5 heteroatoms. The first-order valence-corrected chi connectivity index (χ1v) is 6.59. The van der Waals surface area contributed by atoms with E-state index in [4.69, 9.17) is 5.73 Å². The first-order chi connectivity index (χ1) is 8.64. The quantitative estimate of drug-likeness (QED) is 0.815. The SMILES string of the molecule is Cc1cnc(N)nc1N1C[C@@H]2CCC[C@]2(CO)C1.